The van der Waals surface area contributed by atoms with Crippen LogP contribution in [0, 0.1) is 0 Å². The van der Waals surface area contributed by atoms with Crippen LogP contribution in [0.1, 0.15) is 22.5 Å². The van der Waals surface area contributed by atoms with E-state index >= 15 is 0 Å². The van der Waals surface area contributed by atoms with Gasteiger partial charge in [0.15, 0.2) is 5.17 Å². The van der Waals surface area contributed by atoms with Gasteiger partial charge >= 0.3 is 0 Å². The average molecular weight is 570 g/mol. The zero-order valence-electron chi connectivity index (χ0n) is 22.7. The highest BCUT2D eigenvalue weighted by Gasteiger charge is 2.34. The molecule has 42 heavy (non-hydrogen) atoms. The molecule has 1 aromatic heterocycles. The summed E-state index contributed by atoms with van der Waals surface area (Å²) in [5.41, 5.74) is 5.14. The lowest BCUT2D eigenvalue weighted by molar-refractivity contribution is -0.122. The standard InChI is InChI=1S/C35H27N3O3S/c39-34-33(22-28-11-7-14-31(21-28)41-25-27-9-3-1-4-10-27)42-35(38(34)24-32-15-8-20-40-32)37-36-23-26-16-18-30(19-17-26)29-12-5-2-6-13-29/h1-23H,24-25H2/b33-22-,36-23-,37-35+. The highest BCUT2D eigenvalue weighted by atomic mass is 32.2. The van der Waals surface area contributed by atoms with E-state index in [1.807, 2.05) is 97.1 Å². The minimum absolute atomic E-state index is 0.159. The third-order valence-electron chi connectivity index (χ3n) is 6.55. The minimum Gasteiger partial charge on any atom is -0.489 e. The topological polar surface area (TPSA) is 67.4 Å². The summed E-state index contributed by atoms with van der Waals surface area (Å²) in [6, 6.07) is 39.6. The van der Waals surface area contributed by atoms with Crippen molar-refractivity contribution < 1.29 is 13.9 Å². The molecule has 0 radical (unpaired) electrons. The molecule has 1 aliphatic rings. The van der Waals surface area contributed by atoms with Crippen molar-refractivity contribution in [3.8, 4) is 16.9 Å². The zero-order chi connectivity index (χ0) is 28.6. The molecule has 0 N–H and O–H groups in total. The number of thioether (sulfide) groups is 1. The summed E-state index contributed by atoms with van der Waals surface area (Å²) in [7, 11) is 0. The monoisotopic (exact) mass is 569 g/mol. The number of furan rings is 1. The maximum atomic E-state index is 13.5. The number of hydrogen-bond donors (Lipinski definition) is 0. The van der Waals surface area contributed by atoms with E-state index in [2.05, 4.69) is 34.5 Å². The second kappa shape index (κ2) is 13.0. The summed E-state index contributed by atoms with van der Waals surface area (Å²) in [5.74, 6) is 1.23. The molecule has 0 aliphatic carbocycles. The number of rotatable bonds is 9. The number of carbonyl (C=O) groups excluding carboxylic acids is 1. The van der Waals surface area contributed by atoms with Crippen LogP contribution in [0.2, 0.25) is 0 Å². The third kappa shape index (κ3) is 6.77. The molecule has 0 spiro atoms. The van der Waals surface area contributed by atoms with Crippen LogP contribution in [-0.2, 0) is 17.9 Å². The first-order chi connectivity index (χ1) is 20.7. The number of carbonyl (C=O) groups is 1. The van der Waals surface area contributed by atoms with Gasteiger partial charge in [-0.2, -0.15) is 5.10 Å². The molecule has 2 heterocycles. The first kappa shape index (κ1) is 27.1. The Morgan fingerprint density at radius 3 is 2.31 bits per heavy atom. The van der Waals surface area contributed by atoms with Gasteiger partial charge in [0.25, 0.3) is 5.91 Å². The van der Waals surface area contributed by atoms with Crippen LogP contribution in [0.15, 0.2) is 147 Å². The van der Waals surface area contributed by atoms with E-state index in [4.69, 9.17) is 9.15 Å². The molecule has 1 aliphatic heterocycles. The van der Waals surface area contributed by atoms with E-state index in [1.54, 1.807) is 23.4 Å². The van der Waals surface area contributed by atoms with Crippen molar-refractivity contribution >= 4 is 35.1 Å². The highest BCUT2D eigenvalue weighted by Crippen LogP contribution is 2.34. The summed E-state index contributed by atoms with van der Waals surface area (Å²) in [6.07, 6.45) is 5.13. The number of amides is 1. The fourth-order valence-electron chi connectivity index (χ4n) is 4.40. The molecule has 5 aromatic rings. The maximum Gasteiger partial charge on any atom is 0.267 e. The first-order valence-electron chi connectivity index (χ1n) is 13.5. The van der Waals surface area contributed by atoms with Gasteiger partial charge in [0.05, 0.1) is 23.9 Å². The predicted octanol–water partition coefficient (Wildman–Crippen LogP) is 8.03. The molecule has 6 rings (SSSR count). The van der Waals surface area contributed by atoms with Crippen LogP contribution in [0.3, 0.4) is 0 Å². The summed E-state index contributed by atoms with van der Waals surface area (Å²) < 4.78 is 11.5. The van der Waals surface area contributed by atoms with Gasteiger partial charge in [0, 0.05) is 0 Å². The van der Waals surface area contributed by atoms with Gasteiger partial charge in [-0.15, -0.1) is 5.10 Å². The predicted molar refractivity (Wildman–Crippen MR) is 169 cm³/mol. The van der Waals surface area contributed by atoms with Gasteiger partial charge in [-0.25, -0.2) is 0 Å². The van der Waals surface area contributed by atoms with Gasteiger partial charge in [-0.05, 0) is 69.9 Å². The van der Waals surface area contributed by atoms with Crippen LogP contribution in [0.25, 0.3) is 17.2 Å². The Labute approximate surface area is 248 Å². The average Bonchev–Trinajstić information content (AvgIpc) is 3.66. The van der Waals surface area contributed by atoms with E-state index in [0.29, 0.717) is 22.4 Å². The second-order valence-corrected chi connectivity index (χ2v) is 10.6. The molecule has 4 aromatic carbocycles. The van der Waals surface area contributed by atoms with E-state index in [0.717, 1.165) is 33.6 Å². The SMILES string of the molecule is O=C1/C(=C/c2cccc(OCc3ccccc3)c2)S/C(=N/N=C\c2ccc(-c3ccccc3)cc2)N1Cc1ccco1. The summed E-state index contributed by atoms with van der Waals surface area (Å²) in [5, 5.41) is 9.23. The normalized spacial score (nSPS) is 15.2. The number of ether oxygens (including phenoxy) is 1. The molecule has 1 amide bonds. The number of benzene rings is 4. The Kier molecular flexibility index (Phi) is 8.38. The van der Waals surface area contributed by atoms with Crippen molar-refractivity contribution in [2.24, 2.45) is 10.2 Å². The molecule has 6 nitrogen and oxygen atoms in total. The lowest BCUT2D eigenvalue weighted by Gasteiger charge is -2.12. The van der Waals surface area contributed by atoms with E-state index in [-0.39, 0.29) is 12.5 Å². The molecular formula is C35H27N3O3S. The van der Waals surface area contributed by atoms with E-state index < -0.39 is 0 Å². The Morgan fingerprint density at radius 1 is 0.786 bits per heavy atom. The van der Waals surface area contributed by atoms with Gasteiger partial charge in [0.1, 0.15) is 18.1 Å². The molecule has 0 saturated carbocycles. The summed E-state index contributed by atoms with van der Waals surface area (Å²) in [6.45, 7) is 0.728. The van der Waals surface area contributed by atoms with Crippen LogP contribution < -0.4 is 4.74 Å². The Bertz CT molecular complexity index is 1730. The highest BCUT2D eigenvalue weighted by molar-refractivity contribution is 8.18. The quantitative estimate of drug-likeness (QED) is 0.102. The first-order valence-corrected chi connectivity index (χ1v) is 14.3. The number of amidine groups is 1. The van der Waals surface area contributed by atoms with Crippen molar-refractivity contribution in [3.05, 3.63) is 155 Å². The smallest absolute Gasteiger partial charge is 0.267 e. The maximum absolute atomic E-state index is 13.5. The number of hydrogen-bond acceptors (Lipinski definition) is 6. The Balaban J connectivity index is 1.20. The van der Waals surface area contributed by atoms with Crippen LogP contribution in [-0.4, -0.2) is 22.2 Å². The third-order valence-corrected chi connectivity index (χ3v) is 7.55. The molecule has 1 fully saturated rings. The van der Waals surface area contributed by atoms with Crippen LogP contribution in [0.5, 0.6) is 5.75 Å². The van der Waals surface area contributed by atoms with Crippen LogP contribution >= 0.6 is 11.8 Å². The van der Waals surface area contributed by atoms with Gasteiger partial charge in [-0.1, -0.05) is 97.1 Å². The lowest BCUT2D eigenvalue weighted by Crippen LogP contribution is -2.28. The molecule has 0 unspecified atom stereocenters. The lowest BCUT2D eigenvalue weighted by atomic mass is 10.0. The van der Waals surface area contributed by atoms with Gasteiger partial charge in [-0.3, -0.25) is 9.69 Å². The molecule has 7 heteroatoms. The van der Waals surface area contributed by atoms with Crippen molar-refractivity contribution in [3.63, 3.8) is 0 Å². The van der Waals surface area contributed by atoms with Crippen molar-refractivity contribution in [1.82, 2.24) is 4.90 Å². The summed E-state index contributed by atoms with van der Waals surface area (Å²) >= 11 is 1.29. The van der Waals surface area contributed by atoms with Crippen molar-refractivity contribution in [1.29, 1.82) is 0 Å². The molecule has 0 atom stereocenters. The molecule has 1 saturated heterocycles. The van der Waals surface area contributed by atoms with Gasteiger partial charge < -0.3 is 9.15 Å². The Hall–Kier alpha value is -5.14. The molecular weight excluding hydrogens is 542 g/mol. The van der Waals surface area contributed by atoms with Crippen molar-refractivity contribution in [2.75, 3.05) is 0 Å². The van der Waals surface area contributed by atoms with E-state index in [9.17, 15) is 4.79 Å². The van der Waals surface area contributed by atoms with Crippen molar-refractivity contribution in [2.45, 2.75) is 13.2 Å². The largest absolute Gasteiger partial charge is 0.489 e. The fraction of sp³-hybridized carbons (Fsp3) is 0.0571. The van der Waals surface area contributed by atoms with Gasteiger partial charge in [0.2, 0.25) is 0 Å². The summed E-state index contributed by atoms with van der Waals surface area (Å²) in [4.78, 5) is 15.6. The zero-order valence-corrected chi connectivity index (χ0v) is 23.5. The number of nitrogens with zero attached hydrogens (tertiary/aromatic N) is 3. The second-order valence-electron chi connectivity index (χ2n) is 9.54. The van der Waals surface area contributed by atoms with Crippen LogP contribution in [0.4, 0.5) is 0 Å². The minimum atomic E-state index is -0.159. The fourth-order valence-corrected chi connectivity index (χ4v) is 5.34. The van der Waals surface area contributed by atoms with E-state index in [1.165, 1.54) is 11.8 Å². The molecule has 206 valence electrons. The molecule has 0 bridgehead atoms. The Morgan fingerprint density at radius 2 is 1.55 bits per heavy atom.